The van der Waals surface area contributed by atoms with Gasteiger partial charge in [0.15, 0.2) is 0 Å². The Hall–Kier alpha value is 0.0200. The molecule has 1 nitrogen and oxygen atoms in total. The summed E-state index contributed by atoms with van der Waals surface area (Å²) in [6, 6.07) is 4.05. The fourth-order valence-corrected chi connectivity index (χ4v) is 2.63. The summed E-state index contributed by atoms with van der Waals surface area (Å²) in [5.41, 5.74) is 4.15. The molecule has 1 radical (unpaired) electrons. The molecule has 0 heterocycles. The van der Waals surface area contributed by atoms with Crippen LogP contribution in [0.5, 0.6) is 5.75 Å². The van der Waals surface area contributed by atoms with Gasteiger partial charge in [0.25, 0.3) is 0 Å². The summed E-state index contributed by atoms with van der Waals surface area (Å²) in [6.45, 7) is 6.69. The summed E-state index contributed by atoms with van der Waals surface area (Å²) < 4.78 is 0. The maximum atomic E-state index is 10.2. The van der Waals surface area contributed by atoms with Crippen molar-refractivity contribution in [2.24, 2.45) is 0 Å². The van der Waals surface area contributed by atoms with Crippen LogP contribution >= 0.6 is 0 Å². The first kappa shape index (κ1) is 20.0. The number of rotatable bonds is 9. The predicted octanol–water partition coefficient (Wildman–Crippen LogP) is 5.04. The summed E-state index contributed by atoms with van der Waals surface area (Å²) in [5, 5.41) is 10.2. The first-order chi connectivity index (χ1) is 9.24. The third-order valence-corrected chi connectivity index (χ3v) is 3.86. The first-order valence-electron chi connectivity index (χ1n) is 8.07. The van der Waals surface area contributed by atoms with E-state index < -0.39 is 0 Å². The minimum atomic E-state index is 0. The molecule has 0 fully saturated rings. The Labute approximate surface area is 147 Å². The molecule has 1 N–H and O–H groups in total. The zero-order valence-corrected chi connectivity index (χ0v) is 16.0. The van der Waals surface area contributed by atoms with Crippen molar-refractivity contribution in [3.05, 3.63) is 28.8 Å². The number of aromatic hydroxyl groups is 1. The molecule has 1 rings (SSSR count). The second-order valence-electron chi connectivity index (χ2n) is 5.51. The van der Waals surface area contributed by atoms with Gasteiger partial charge in [-0.05, 0) is 61.3 Å². The maximum Gasteiger partial charge on any atom is 0.119 e. The van der Waals surface area contributed by atoms with E-state index >= 15 is 0 Å². The van der Waals surface area contributed by atoms with Gasteiger partial charge >= 0.3 is 0 Å². The minimum absolute atomic E-state index is 0. The number of unbranched alkanes of at least 4 members (excludes halogenated alkanes) is 3. The van der Waals surface area contributed by atoms with Crippen LogP contribution in [0.3, 0.4) is 0 Å². The van der Waals surface area contributed by atoms with Crippen LogP contribution in [-0.2, 0) is 19.3 Å². The van der Waals surface area contributed by atoms with Gasteiger partial charge in [-0.25, -0.2) is 0 Å². The van der Waals surface area contributed by atoms with Crippen LogP contribution in [0, 0.1) is 0 Å². The van der Waals surface area contributed by atoms with Crippen molar-refractivity contribution in [1.82, 2.24) is 0 Å². The molecule has 0 aliphatic rings. The van der Waals surface area contributed by atoms with E-state index in [1.54, 1.807) is 0 Å². The first-order valence-corrected chi connectivity index (χ1v) is 8.07. The number of phenolic OH excluding ortho intramolecular Hbond substituents is 1. The average molecular weight is 285 g/mol. The molecule has 0 atom stereocenters. The molecule has 0 aliphatic carbocycles. The van der Waals surface area contributed by atoms with Crippen LogP contribution in [0.1, 0.15) is 76.0 Å². The van der Waals surface area contributed by atoms with Gasteiger partial charge in [-0.2, -0.15) is 0 Å². The molecular weight excluding hydrogens is 255 g/mol. The Morgan fingerprint density at radius 2 is 1.25 bits per heavy atom. The van der Waals surface area contributed by atoms with Gasteiger partial charge in [-0.3, -0.25) is 0 Å². The van der Waals surface area contributed by atoms with Crippen molar-refractivity contribution in [2.75, 3.05) is 0 Å². The second kappa shape index (κ2) is 11.7. The predicted molar refractivity (Wildman–Crippen MR) is 89.7 cm³/mol. The van der Waals surface area contributed by atoms with Crippen molar-refractivity contribution in [3.8, 4) is 5.75 Å². The van der Waals surface area contributed by atoms with E-state index in [4.69, 9.17) is 0 Å². The van der Waals surface area contributed by atoms with E-state index in [2.05, 4.69) is 26.8 Å². The summed E-state index contributed by atoms with van der Waals surface area (Å²) in [4.78, 5) is 0. The Kier molecular flexibility index (Phi) is 11.7. The quantitative estimate of drug-likeness (QED) is 0.630. The van der Waals surface area contributed by atoms with Crippen LogP contribution < -0.4 is 0 Å². The minimum Gasteiger partial charge on any atom is -0.508 e. The number of benzene rings is 1. The summed E-state index contributed by atoms with van der Waals surface area (Å²) in [5.74, 6) is 0.514. The third-order valence-electron chi connectivity index (χ3n) is 3.86. The molecule has 0 unspecified atom stereocenters. The fraction of sp³-hybridized carbons (Fsp3) is 0.667. The normalized spacial score (nSPS) is 10.3. The molecule has 109 valence electrons. The van der Waals surface area contributed by atoms with Crippen molar-refractivity contribution in [3.63, 3.8) is 0 Å². The fourth-order valence-electron chi connectivity index (χ4n) is 2.63. The zero-order valence-electron chi connectivity index (χ0n) is 14.0. The number of hydrogen-bond donors (Lipinski definition) is 1. The Morgan fingerprint density at radius 1 is 0.750 bits per heavy atom. The SMILES string of the molecule is CCCCc1ccc(O)c(CCCC)c1CCCC.[Na]. The van der Waals surface area contributed by atoms with E-state index in [0.717, 1.165) is 19.3 Å². The van der Waals surface area contributed by atoms with Gasteiger partial charge in [0, 0.05) is 29.6 Å². The molecule has 0 bridgehead atoms. The van der Waals surface area contributed by atoms with Crippen LogP contribution in [0.25, 0.3) is 0 Å². The zero-order chi connectivity index (χ0) is 14.1. The molecule has 1 aromatic rings. The summed E-state index contributed by atoms with van der Waals surface area (Å²) >= 11 is 0. The molecule has 0 saturated heterocycles. The molecule has 0 aliphatic heterocycles. The van der Waals surface area contributed by atoms with Crippen LogP contribution in [-0.4, -0.2) is 34.7 Å². The van der Waals surface area contributed by atoms with E-state index in [9.17, 15) is 5.11 Å². The van der Waals surface area contributed by atoms with E-state index in [-0.39, 0.29) is 29.6 Å². The molecule has 20 heavy (non-hydrogen) atoms. The van der Waals surface area contributed by atoms with E-state index in [1.807, 2.05) is 6.07 Å². The molecular formula is C18H30NaO. The topological polar surface area (TPSA) is 20.2 Å². The van der Waals surface area contributed by atoms with Crippen molar-refractivity contribution < 1.29 is 5.11 Å². The van der Waals surface area contributed by atoms with Crippen molar-refractivity contribution >= 4 is 29.6 Å². The number of aryl methyl sites for hydroxylation is 1. The van der Waals surface area contributed by atoms with Gasteiger partial charge in [-0.1, -0.05) is 46.1 Å². The average Bonchev–Trinajstić information content (AvgIpc) is 2.42. The Balaban J connectivity index is 0.00000361. The summed E-state index contributed by atoms with van der Waals surface area (Å²) in [6.07, 6.45) is 10.6. The molecule has 0 saturated carbocycles. The van der Waals surface area contributed by atoms with E-state index in [0.29, 0.717) is 5.75 Å². The molecule has 0 aromatic heterocycles. The van der Waals surface area contributed by atoms with Crippen LogP contribution in [0.4, 0.5) is 0 Å². The molecule has 1 aromatic carbocycles. The van der Waals surface area contributed by atoms with E-state index in [1.165, 1.54) is 55.2 Å². The number of phenols is 1. The van der Waals surface area contributed by atoms with Gasteiger partial charge in [-0.15, -0.1) is 0 Å². The smallest absolute Gasteiger partial charge is 0.119 e. The Morgan fingerprint density at radius 3 is 1.80 bits per heavy atom. The largest absolute Gasteiger partial charge is 0.508 e. The van der Waals surface area contributed by atoms with Gasteiger partial charge in [0.1, 0.15) is 5.75 Å². The van der Waals surface area contributed by atoms with Crippen molar-refractivity contribution in [2.45, 2.75) is 78.6 Å². The second-order valence-corrected chi connectivity index (χ2v) is 5.51. The maximum absolute atomic E-state index is 10.2. The van der Waals surface area contributed by atoms with Crippen LogP contribution in [0.2, 0.25) is 0 Å². The van der Waals surface area contributed by atoms with Gasteiger partial charge in [0.05, 0.1) is 0 Å². The van der Waals surface area contributed by atoms with Crippen molar-refractivity contribution in [1.29, 1.82) is 0 Å². The summed E-state index contributed by atoms with van der Waals surface area (Å²) in [7, 11) is 0. The monoisotopic (exact) mass is 285 g/mol. The molecule has 0 spiro atoms. The third kappa shape index (κ3) is 6.20. The standard InChI is InChI=1S/C18H30O.Na/c1-4-7-10-15-13-14-18(19)17(12-9-6-3)16(15)11-8-5-2;/h13-14,19H,4-12H2,1-3H3;. The molecule has 0 amide bonds. The van der Waals surface area contributed by atoms with Crippen LogP contribution in [0.15, 0.2) is 12.1 Å². The van der Waals surface area contributed by atoms with Gasteiger partial charge < -0.3 is 5.11 Å². The molecule has 2 heteroatoms. The Bertz CT molecular complexity index is 374. The van der Waals surface area contributed by atoms with Gasteiger partial charge in [0.2, 0.25) is 0 Å². The number of hydrogen-bond acceptors (Lipinski definition) is 1.